The van der Waals surface area contributed by atoms with Crippen molar-refractivity contribution in [2.24, 2.45) is 11.1 Å². The Hall–Kier alpha value is -3.41. The van der Waals surface area contributed by atoms with Gasteiger partial charge in [-0.25, -0.2) is 4.98 Å². The van der Waals surface area contributed by atoms with Crippen molar-refractivity contribution in [2.75, 3.05) is 13.2 Å². The summed E-state index contributed by atoms with van der Waals surface area (Å²) in [5, 5.41) is 12.9. The summed E-state index contributed by atoms with van der Waals surface area (Å²) in [6.45, 7) is 7.06. The second kappa shape index (κ2) is 8.99. The number of ether oxygens (including phenoxy) is 1. The number of nitrogens with zero attached hydrogens (tertiary/aromatic N) is 3. The highest BCUT2D eigenvalue weighted by atomic mass is 16.5. The number of amides is 1. The zero-order chi connectivity index (χ0) is 24.7. The quantitative estimate of drug-likeness (QED) is 0.562. The predicted molar refractivity (Wildman–Crippen MR) is 130 cm³/mol. The average molecular weight is 475 g/mol. The van der Waals surface area contributed by atoms with Gasteiger partial charge < -0.3 is 24.7 Å². The first-order chi connectivity index (χ1) is 16.7. The van der Waals surface area contributed by atoms with Crippen LogP contribution >= 0.6 is 0 Å². The summed E-state index contributed by atoms with van der Waals surface area (Å²) in [5.74, 6) is 7.53. The number of rotatable bonds is 3. The second-order valence-corrected chi connectivity index (χ2v) is 10.1. The number of aliphatic hydroxyl groups excluding tert-OH is 1. The van der Waals surface area contributed by atoms with E-state index in [0.717, 1.165) is 47.7 Å². The van der Waals surface area contributed by atoms with E-state index in [0.29, 0.717) is 30.9 Å². The van der Waals surface area contributed by atoms with Gasteiger partial charge in [-0.3, -0.25) is 4.79 Å². The monoisotopic (exact) mass is 474 g/mol. The molecular weight excluding hydrogens is 444 g/mol. The minimum atomic E-state index is -0.679. The summed E-state index contributed by atoms with van der Waals surface area (Å²) >= 11 is 0. The van der Waals surface area contributed by atoms with E-state index in [4.69, 9.17) is 15.5 Å². The third kappa shape index (κ3) is 4.49. The molecule has 1 aliphatic carbocycles. The third-order valence-corrected chi connectivity index (χ3v) is 6.94. The summed E-state index contributed by atoms with van der Waals surface area (Å²) < 4.78 is 12.3. The SMILES string of the molecule is CC(O)C#Cc1ccc2c(c1)-c1nc(C(N)=O)c(CC3(C)COC3)n1C1CC2C1.Cc1ccno1. The van der Waals surface area contributed by atoms with Crippen LogP contribution in [0.4, 0.5) is 0 Å². The molecule has 182 valence electrons. The van der Waals surface area contributed by atoms with Crippen LogP contribution in [0, 0.1) is 24.2 Å². The van der Waals surface area contributed by atoms with E-state index >= 15 is 0 Å². The summed E-state index contributed by atoms with van der Waals surface area (Å²) in [5.41, 5.74) is 10.2. The van der Waals surface area contributed by atoms with Gasteiger partial charge in [0.2, 0.25) is 0 Å². The molecule has 1 saturated heterocycles. The van der Waals surface area contributed by atoms with E-state index in [1.54, 1.807) is 19.2 Å². The van der Waals surface area contributed by atoms with Crippen LogP contribution in [0.25, 0.3) is 11.4 Å². The number of primary amides is 1. The molecule has 2 bridgehead atoms. The molecule has 1 unspecified atom stereocenters. The zero-order valence-corrected chi connectivity index (χ0v) is 20.2. The second-order valence-electron chi connectivity index (χ2n) is 10.1. The van der Waals surface area contributed by atoms with Gasteiger partial charge in [0.15, 0.2) is 0 Å². The van der Waals surface area contributed by atoms with Gasteiger partial charge in [-0.1, -0.05) is 30.0 Å². The van der Waals surface area contributed by atoms with Crippen molar-refractivity contribution >= 4 is 5.91 Å². The molecule has 2 aromatic heterocycles. The first-order valence-corrected chi connectivity index (χ1v) is 11.9. The molecule has 8 heteroatoms. The molecule has 4 aliphatic rings. The Morgan fingerprint density at radius 2 is 2.11 bits per heavy atom. The molecule has 8 nitrogen and oxygen atoms in total. The fourth-order valence-corrected chi connectivity index (χ4v) is 5.08. The van der Waals surface area contributed by atoms with Crippen LogP contribution in [0.3, 0.4) is 0 Å². The van der Waals surface area contributed by atoms with Crippen LogP contribution < -0.4 is 5.73 Å². The highest BCUT2D eigenvalue weighted by molar-refractivity contribution is 5.93. The first kappa shape index (κ1) is 23.3. The molecule has 7 rings (SSSR count). The molecule has 1 amide bonds. The number of hydrogen-bond donors (Lipinski definition) is 2. The molecule has 35 heavy (non-hydrogen) atoms. The normalized spacial score (nSPS) is 21.4. The maximum Gasteiger partial charge on any atom is 0.269 e. The third-order valence-electron chi connectivity index (χ3n) is 6.94. The lowest BCUT2D eigenvalue weighted by atomic mass is 9.75. The molecule has 0 spiro atoms. The minimum absolute atomic E-state index is 0.0177. The van der Waals surface area contributed by atoms with Crippen LogP contribution in [-0.2, 0) is 11.2 Å². The maximum atomic E-state index is 12.3. The van der Waals surface area contributed by atoms with Gasteiger partial charge in [-0.15, -0.1) is 0 Å². The lowest BCUT2D eigenvalue weighted by Crippen LogP contribution is -2.42. The molecule has 1 atom stereocenters. The zero-order valence-electron chi connectivity index (χ0n) is 20.2. The highest BCUT2D eigenvalue weighted by Crippen LogP contribution is 2.53. The predicted octanol–water partition coefficient (Wildman–Crippen LogP) is 3.38. The van der Waals surface area contributed by atoms with Gasteiger partial charge in [0.1, 0.15) is 23.4 Å². The van der Waals surface area contributed by atoms with E-state index in [9.17, 15) is 9.90 Å². The Morgan fingerprint density at radius 3 is 2.66 bits per heavy atom. The Kier molecular flexibility index (Phi) is 5.99. The van der Waals surface area contributed by atoms with Crippen molar-refractivity contribution in [3.8, 4) is 23.2 Å². The lowest BCUT2D eigenvalue weighted by molar-refractivity contribution is -0.101. The van der Waals surface area contributed by atoms with E-state index in [2.05, 4.69) is 39.1 Å². The summed E-state index contributed by atoms with van der Waals surface area (Å²) in [4.78, 5) is 17.0. The van der Waals surface area contributed by atoms with E-state index in [1.165, 1.54) is 5.56 Å². The summed E-state index contributed by atoms with van der Waals surface area (Å²) in [7, 11) is 0. The number of benzene rings is 1. The largest absolute Gasteiger partial charge is 0.381 e. The van der Waals surface area contributed by atoms with Crippen molar-refractivity contribution in [1.29, 1.82) is 0 Å². The number of hydrogen-bond acceptors (Lipinski definition) is 6. The van der Waals surface area contributed by atoms with Gasteiger partial charge in [-0.05, 0) is 56.7 Å². The van der Waals surface area contributed by atoms with Crippen molar-refractivity contribution in [3.05, 3.63) is 58.7 Å². The van der Waals surface area contributed by atoms with E-state index < -0.39 is 12.0 Å². The molecule has 1 aromatic carbocycles. The smallest absolute Gasteiger partial charge is 0.269 e. The fourth-order valence-electron chi connectivity index (χ4n) is 5.08. The first-order valence-electron chi connectivity index (χ1n) is 11.9. The Balaban J connectivity index is 0.000000371. The van der Waals surface area contributed by atoms with Gasteiger partial charge in [-0.2, -0.15) is 0 Å². The number of aromatic nitrogens is 3. The van der Waals surface area contributed by atoms with E-state index in [1.807, 2.05) is 19.1 Å². The number of carbonyl (C=O) groups is 1. The Labute approximate surface area is 204 Å². The minimum Gasteiger partial charge on any atom is -0.381 e. The van der Waals surface area contributed by atoms with Crippen molar-refractivity contribution in [2.45, 2.75) is 58.1 Å². The van der Waals surface area contributed by atoms with Gasteiger partial charge in [0.25, 0.3) is 5.91 Å². The molecule has 5 heterocycles. The maximum absolute atomic E-state index is 12.3. The molecule has 0 radical (unpaired) electrons. The molecule has 3 aliphatic heterocycles. The summed E-state index contributed by atoms with van der Waals surface area (Å²) in [6.07, 6.45) is 3.77. The fraction of sp³-hybridized carbons (Fsp3) is 0.444. The lowest BCUT2D eigenvalue weighted by Gasteiger charge is -2.40. The van der Waals surface area contributed by atoms with Crippen LogP contribution in [0.15, 0.2) is 35.0 Å². The molecule has 3 N–H and O–H groups in total. The molecular formula is C27H30N4O4. The van der Waals surface area contributed by atoms with Crippen LogP contribution in [0.5, 0.6) is 0 Å². The van der Waals surface area contributed by atoms with E-state index in [-0.39, 0.29) is 5.41 Å². The standard InChI is InChI=1S/C23H25N3O3.C4H5NO/c1-13(27)3-4-14-5-6-17-15-8-16(9-15)26-19(10-23(2)11-29-12-23)20(21(24)28)25-22(26)18(17)7-14;1-4-2-3-5-6-4/h5-7,13,15-16,27H,8-12H2,1-2H3,(H2,24,28);2-3H,1H3. The topological polar surface area (TPSA) is 116 Å². The van der Waals surface area contributed by atoms with Gasteiger partial charge >= 0.3 is 0 Å². The molecule has 3 aromatic rings. The highest BCUT2D eigenvalue weighted by Gasteiger charge is 2.43. The van der Waals surface area contributed by atoms with Crippen molar-refractivity contribution in [1.82, 2.24) is 14.7 Å². The average Bonchev–Trinajstić information content (AvgIpc) is 3.32. The Morgan fingerprint density at radius 1 is 1.34 bits per heavy atom. The van der Waals surface area contributed by atoms with Crippen molar-refractivity contribution < 1.29 is 19.2 Å². The number of aryl methyl sites for hydroxylation is 1. The van der Waals surface area contributed by atoms with Crippen molar-refractivity contribution in [3.63, 3.8) is 0 Å². The van der Waals surface area contributed by atoms with Gasteiger partial charge in [0.05, 0.1) is 25.1 Å². The number of carbonyl (C=O) groups excluding carboxylic acids is 1. The summed E-state index contributed by atoms with van der Waals surface area (Å²) in [6, 6.07) is 8.31. The Bertz CT molecular complexity index is 1300. The molecule has 2 fully saturated rings. The van der Waals surface area contributed by atoms with Crippen LogP contribution in [0.2, 0.25) is 0 Å². The number of aliphatic hydroxyl groups is 1. The molecule has 1 saturated carbocycles. The van der Waals surface area contributed by atoms with Crippen LogP contribution in [0.1, 0.15) is 71.7 Å². The van der Waals surface area contributed by atoms with Gasteiger partial charge in [0, 0.05) is 28.7 Å². The number of imidazole rings is 1. The number of nitrogens with two attached hydrogens (primary N) is 1. The van der Waals surface area contributed by atoms with Crippen LogP contribution in [-0.4, -0.2) is 45.0 Å².